The molecule has 0 aromatic carbocycles. The lowest BCUT2D eigenvalue weighted by atomic mass is 10.0. The third-order valence-electron chi connectivity index (χ3n) is 3.20. The van der Waals surface area contributed by atoms with Crippen LogP contribution in [-0.4, -0.2) is 37.9 Å². The van der Waals surface area contributed by atoms with Gasteiger partial charge in [0.25, 0.3) is 0 Å². The molecule has 2 unspecified atom stereocenters. The molecule has 2 heterocycles. The summed E-state index contributed by atoms with van der Waals surface area (Å²) in [7, 11) is 0. The van der Waals surface area contributed by atoms with Crippen molar-refractivity contribution in [2.24, 2.45) is 5.92 Å². The first-order valence-corrected chi connectivity index (χ1v) is 6.20. The van der Waals surface area contributed by atoms with Crippen molar-refractivity contribution < 1.29 is 14.6 Å². The molecule has 1 aliphatic heterocycles. The summed E-state index contributed by atoms with van der Waals surface area (Å²) < 4.78 is 7.18. The van der Waals surface area contributed by atoms with Crippen molar-refractivity contribution in [1.29, 1.82) is 0 Å². The van der Waals surface area contributed by atoms with Gasteiger partial charge in [-0.25, -0.2) is 4.68 Å². The van der Waals surface area contributed by atoms with Gasteiger partial charge in [0.2, 0.25) is 0 Å². The van der Waals surface area contributed by atoms with Crippen molar-refractivity contribution >= 4 is 5.97 Å². The van der Waals surface area contributed by atoms with Crippen LogP contribution in [0.25, 0.3) is 0 Å². The van der Waals surface area contributed by atoms with E-state index < -0.39 is 5.97 Å². The van der Waals surface area contributed by atoms with Crippen LogP contribution in [0.4, 0.5) is 0 Å². The van der Waals surface area contributed by atoms with Gasteiger partial charge in [-0.3, -0.25) is 4.79 Å². The third kappa shape index (κ3) is 2.66. The van der Waals surface area contributed by atoms with Gasteiger partial charge >= 0.3 is 5.97 Å². The minimum absolute atomic E-state index is 0.0163. The monoisotopic (exact) mass is 254 g/mol. The van der Waals surface area contributed by atoms with E-state index in [4.69, 9.17) is 9.84 Å². The van der Waals surface area contributed by atoms with Crippen LogP contribution in [0, 0.1) is 5.92 Å². The van der Waals surface area contributed by atoms with Crippen LogP contribution >= 0.6 is 0 Å². The number of aromatic nitrogens is 4. The van der Waals surface area contributed by atoms with Crippen LogP contribution in [0.2, 0.25) is 0 Å². The van der Waals surface area contributed by atoms with Crippen molar-refractivity contribution in [3.63, 3.8) is 0 Å². The molecule has 1 aliphatic rings. The molecule has 1 aromatic heterocycles. The quantitative estimate of drug-likeness (QED) is 0.849. The summed E-state index contributed by atoms with van der Waals surface area (Å²) >= 11 is 0. The van der Waals surface area contributed by atoms with Crippen molar-refractivity contribution in [3.05, 3.63) is 5.82 Å². The summed E-state index contributed by atoms with van der Waals surface area (Å²) in [5, 5.41) is 20.6. The first kappa shape index (κ1) is 12.9. The fourth-order valence-electron chi connectivity index (χ4n) is 2.21. The first-order valence-electron chi connectivity index (χ1n) is 6.20. The van der Waals surface area contributed by atoms with Gasteiger partial charge in [0.05, 0.1) is 12.5 Å². The molecular formula is C11H18N4O3. The predicted molar refractivity (Wildman–Crippen MR) is 61.9 cm³/mol. The Kier molecular flexibility index (Phi) is 3.90. The van der Waals surface area contributed by atoms with Gasteiger partial charge in [0.1, 0.15) is 6.10 Å². The highest BCUT2D eigenvalue weighted by Gasteiger charge is 2.29. The summed E-state index contributed by atoms with van der Waals surface area (Å²) in [6.45, 7) is 4.64. The van der Waals surface area contributed by atoms with Crippen molar-refractivity contribution in [3.8, 4) is 0 Å². The van der Waals surface area contributed by atoms with Gasteiger partial charge in [0.15, 0.2) is 5.82 Å². The van der Waals surface area contributed by atoms with Crippen LogP contribution in [-0.2, 0) is 9.53 Å². The number of tetrazole rings is 1. The summed E-state index contributed by atoms with van der Waals surface area (Å²) in [5.74, 6) is -0.0558. The maximum absolute atomic E-state index is 10.9. The number of ether oxygens (including phenoxy) is 1. The Morgan fingerprint density at radius 3 is 2.94 bits per heavy atom. The highest BCUT2D eigenvalue weighted by molar-refractivity contribution is 5.67. The molecule has 2 rings (SSSR count). The number of aliphatic carboxylic acids is 1. The number of hydrogen-bond donors (Lipinski definition) is 1. The summed E-state index contributed by atoms with van der Waals surface area (Å²) in [4.78, 5) is 10.9. The zero-order valence-corrected chi connectivity index (χ0v) is 10.6. The average molecular weight is 254 g/mol. The molecule has 2 atom stereocenters. The molecule has 0 bridgehead atoms. The molecule has 1 N–H and O–H groups in total. The summed E-state index contributed by atoms with van der Waals surface area (Å²) in [6.07, 6.45) is 1.79. The second-order valence-electron chi connectivity index (χ2n) is 4.89. The van der Waals surface area contributed by atoms with Crippen molar-refractivity contribution in [2.75, 3.05) is 6.61 Å². The Hall–Kier alpha value is -1.50. The SMILES string of the molecule is CC(C)C(CC(=O)O)n1nnnc1C1CCCO1. The zero-order chi connectivity index (χ0) is 13.1. The molecule has 1 fully saturated rings. The Bertz CT molecular complexity index is 412. The van der Waals surface area contributed by atoms with Crippen LogP contribution in [0.15, 0.2) is 0 Å². The number of carbonyl (C=O) groups is 1. The van der Waals surface area contributed by atoms with E-state index >= 15 is 0 Å². The molecule has 1 saturated heterocycles. The van der Waals surface area contributed by atoms with Crippen LogP contribution in [0.5, 0.6) is 0 Å². The lowest BCUT2D eigenvalue weighted by Gasteiger charge is -2.21. The second-order valence-corrected chi connectivity index (χ2v) is 4.89. The number of carboxylic acids is 1. The minimum Gasteiger partial charge on any atom is -0.481 e. The van der Waals surface area contributed by atoms with Gasteiger partial charge in [0, 0.05) is 6.61 Å². The Morgan fingerprint density at radius 2 is 2.39 bits per heavy atom. The van der Waals surface area contributed by atoms with Gasteiger partial charge in [-0.15, -0.1) is 5.10 Å². The molecule has 0 amide bonds. The highest BCUT2D eigenvalue weighted by atomic mass is 16.5. The molecule has 18 heavy (non-hydrogen) atoms. The molecular weight excluding hydrogens is 236 g/mol. The number of carboxylic acid groups (broad SMARTS) is 1. The Balaban J connectivity index is 2.24. The van der Waals surface area contributed by atoms with E-state index in [1.807, 2.05) is 13.8 Å². The number of nitrogens with zero attached hydrogens (tertiary/aromatic N) is 4. The third-order valence-corrected chi connectivity index (χ3v) is 3.20. The molecule has 1 aromatic rings. The van der Waals surface area contributed by atoms with Gasteiger partial charge < -0.3 is 9.84 Å². The molecule has 0 spiro atoms. The van der Waals surface area contributed by atoms with Crippen LogP contribution in [0.1, 0.15) is 51.1 Å². The zero-order valence-electron chi connectivity index (χ0n) is 10.6. The van der Waals surface area contributed by atoms with Gasteiger partial charge in [-0.1, -0.05) is 13.8 Å². The number of hydrogen-bond acceptors (Lipinski definition) is 5. The van der Waals surface area contributed by atoms with Crippen LogP contribution in [0.3, 0.4) is 0 Å². The topological polar surface area (TPSA) is 90.1 Å². The Labute approximate surface area is 105 Å². The Morgan fingerprint density at radius 1 is 1.61 bits per heavy atom. The van der Waals surface area contributed by atoms with E-state index in [0.29, 0.717) is 12.4 Å². The van der Waals surface area contributed by atoms with E-state index in [0.717, 1.165) is 12.8 Å². The predicted octanol–water partition coefficient (Wildman–Crippen LogP) is 1.20. The summed E-state index contributed by atoms with van der Waals surface area (Å²) in [5.41, 5.74) is 0. The molecule has 0 radical (unpaired) electrons. The molecule has 100 valence electrons. The molecule has 7 nitrogen and oxygen atoms in total. The largest absolute Gasteiger partial charge is 0.481 e. The fourth-order valence-corrected chi connectivity index (χ4v) is 2.21. The van der Waals surface area contributed by atoms with Gasteiger partial charge in [-0.05, 0) is 29.2 Å². The normalized spacial score (nSPS) is 21.4. The maximum Gasteiger partial charge on any atom is 0.305 e. The van der Waals surface area contributed by atoms with E-state index in [9.17, 15) is 4.79 Å². The number of rotatable bonds is 5. The lowest BCUT2D eigenvalue weighted by molar-refractivity contribution is -0.138. The van der Waals surface area contributed by atoms with Crippen molar-refractivity contribution in [1.82, 2.24) is 20.2 Å². The lowest BCUT2D eigenvalue weighted by Crippen LogP contribution is -2.23. The maximum atomic E-state index is 10.9. The first-order chi connectivity index (χ1) is 8.59. The minimum atomic E-state index is -0.845. The van der Waals surface area contributed by atoms with Gasteiger partial charge in [-0.2, -0.15) is 0 Å². The van der Waals surface area contributed by atoms with Crippen LogP contribution < -0.4 is 0 Å². The standard InChI is InChI=1S/C11H18N4O3/c1-7(2)8(6-10(16)17)15-11(12-13-14-15)9-4-3-5-18-9/h7-9H,3-6H2,1-2H3,(H,16,17). The van der Waals surface area contributed by atoms with E-state index in [1.165, 1.54) is 0 Å². The van der Waals surface area contributed by atoms with E-state index in [2.05, 4.69) is 15.5 Å². The second kappa shape index (κ2) is 5.43. The highest BCUT2D eigenvalue weighted by Crippen LogP contribution is 2.30. The van der Waals surface area contributed by atoms with E-state index in [1.54, 1.807) is 4.68 Å². The molecule has 0 saturated carbocycles. The van der Waals surface area contributed by atoms with Crippen molar-refractivity contribution in [2.45, 2.75) is 45.3 Å². The van der Waals surface area contributed by atoms with E-state index in [-0.39, 0.29) is 24.5 Å². The smallest absolute Gasteiger partial charge is 0.305 e. The average Bonchev–Trinajstić information content (AvgIpc) is 2.95. The fraction of sp³-hybridized carbons (Fsp3) is 0.818. The molecule has 0 aliphatic carbocycles. The molecule has 7 heteroatoms. The summed E-state index contributed by atoms with van der Waals surface area (Å²) in [6, 6.07) is -0.239.